The predicted molar refractivity (Wildman–Crippen MR) is 149 cm³/mol. The standard InChI is InChI=1S/C26H28N4O3S2/c1-4-24(25(32)28-19-14-12-18(13-15-19)27-17(2)31)35-21-9-7-8-20(16-21)29-26(34)30-22-10-5-6-11-23(22)33-3/h5-16,24H,4H2,1-3H3,(H,27,31)(H,28,32)(H2,29,30,34). The molecule has 0 radical (unpaired) electrons. The smallest absolute Gasteiger partial charge is 0.237 e. The second kappa shape index (κ2) is 12.8. The van der Waals surface area contributed by atoms with E-state index in [1.165, 1.54) is 18.7 Å². The average Bonchev–Trinajstić information content (AvgIpc) is 2.84. The Balaban J connectivity index is 1.60. The molecule has 0 aliphatic carbocycles. The maximum absolute atomic E-state index is 12.9. The molecule has 0 aliphatic rings. The minimum absolute atomic E-state index is 0.0866. The third-order valence-electron chi connectivity index (χ3n) is 4.86. The number of methoxy groups -OCH3 is 1. The SMILES string of the molecule is CCC(Sc1cccc(NC(=S)Nc2ccccc2OC)c1)C(=O)Nc1ccc(NC(C)=O)cc1. The zero-order valence-corrected chi connectivity index (χ0v) is 21.4. The summed E-state index contributed by atoms with van der Waals surface area (Å²) in [6, 6.07) is 22.3. The van der Waals surface area contributed by atoms with Crippen LogP contribution in [0.15, 0.2) is 77.7 Å². The molecule has 4 N–H and O–H groups in total. The summed E-state index contributed by atoms with van der Waals surface area (Å²) in [4.78, 5) is 25.0. The van der Waals surface area contributed by atoms with Gasteiger partial charge in [-0.15, -0.1) is 11.8 Å². The van der Waals surface area contributed by atoms with Crippen molar-refractivity contribution in [2.45, 2.75) is 30.4 Å². The van der Waals surface area contributed by atoms with Crippen molar-refractivity contribution in [3.8, 4) is 5.75 Å². The number of carbonyl (C=O) groups is 2. The monoisotopic (exact) mass is 508 g/mol. The van der Waals surface area contributed by atoms with Gasteiger partial charge in [0.15, 0.2) is 5.11 Å². The van der Waals surface area contributed by atoms with Crippen LogP contribution in [0.1, 0.15) is 20.3 Å². The molecule has 0 spiro atoms. The summed E-state index contributed by atoms with van der Waals surface area (Å²) in [7, 11) is 1.61. The predicted octanol–water partition coefficient (Wildman–Crippen LogP) is 5.97. The molecule has 0 heterocycles. The van der Waals surface area contributed by atoms with E-state index >= 15 is 0 Å². The van der Waals surface area contributed by atoms with Gasteiger partial charge in [-0.2, -0.15) is 0 Å². The fourth-order valence-electron chi connectivity index (χ4n) is 3.23. The van der Waals surface area contributed by atoms with Crippen LogP contribution < -0.4 is 26.0 Å². The molecule has 3 aromatic carbocycles. The minimum atomic E-state index is -0.279. The first-order valence-electron chi connectivity index (χ1n) is 11.0. The lowest BCUT2D eigenvalue weighted by Crippen LogP contribution is -2.24. The van der Waals surface area contributed by atoms with E-state index in [-0.39, 0.29) is 17.1 Å². The number of thioether (sulfide) groups is 1. The van der Waals surface area contributed by atoms with Crippen molar-refractivity contribution in [1.29, 1.82) is 0 Å². The highest BCUT2D eigenvalue weighted by Crippen LogP contribution is 2.29. The zero-order chi connectivity index (χ0) is 25.2. The Labute approximate surface area is 215 Å². The van der Waals surface area contributed by atoms with Gasteiger partial charge in [-0.25, -0.2) is 0 Å². The van der Waals surface area contributed by atoms with E-state index < -0.39 is 0 Å². The van der Waals surface area contributed by atoms with Gasteiger partial charge < -0.3 is 26.0 Å². The van der Waals surface area contributed by atoms with Crippen LogP contribution in [-0.2, 0) is 9.59 Å². The Bertz CT molecular complexity index is 1190. The van der Waals surface area contributed by atoms with Crippen molar-refractivity contribution in [3.05, 3.63) is 72.8 Å². The number of amides is 2. The van der Waals surface area contributed by atoms with Crippen LogP contribution in [0.3, 0.4) is 0 Å². The number of hydrogen-bond acceptors (Lipinski definition) is 5. The third-order valence-corrected chi connectivity index (χ3v) is 6.42. The average molecular weight is 509 g/mol. The molecule has 0 bridgehead atoms. The minimum Gasteiger partial charge on any atom is -0.495 e. The van der Waals surface area contributed by atoms with E-state index in [0.29, 0.717) is 28.7 Å². The summed E-state index contributed by atoms with van der Waals surface area (Å²) in [5, 5.41) is 12.1. The Morgan fingerprint density at radius 1 is 0.886 bits per heavy atom. The van der Waals surface area contributed by atoms with Crippen LogP contribution in [0.25, 0.3) is 0 Å². The van der Waals surface area contributed by atoms with Gasteiger partial charge in [-0.3, -0.25) is 9.59 Å². The zero-order valence-electron chi connectivity index (χ0n) is 19.8. The van der Waals surface area contributed by atoms with E-state index in [2.05, 4.69) is 21.3 Å². The normalized spacial score (nSPS) is 11.2. The Hall–Kier alpha value is -3.56. The number of ether oxygens (including phenoxy) is 1. The Morgan fingerprint density at radius 3 is 2.23 bits per heavy atom. The molecule has 0 saturated carbocycles. The van der Waals surface area contributed by atoms with E-state index in [9.17, 15) is 9.59 Å². The van der Waals surface area contributed by atoms with Crippen molar-refractivity contribution >= 4 is 63.7 Å². The fourth-order valence-corrected chi connectivity index (χ4v) is 4.47. The number of para-hydroxylation sites is 2. The number of thiocarbonyl (C=S) groups is 1. The first-order valence-corrected chi connectivity index (χ1v) is 12.3. The van der Waals surface area contributed by atoms with Gasteiger partial charge >= 0.3 is 0 Å². The van der Waals surface area contributed by atoms with Gasteiger partial charge in [-0.05, 0) is 73.2 Å². The van der Waals surface area contributed by atoms with E-state index in [1.807, 2.05) is 55.5 Å². The summed E-state index contributed by atoms with van der Waals surface area (Å²) in [6.07, 6.45) is 0.659. The van der Waals surface area contributed by atoms with Crippen LogP contribution in [0, 0.1) is 0 Å². The molecule has 3 rings (SSSR count). The molecule has 1 atom stereocenters. The first kappa shape index (κ1) is 26.1. The van der Waals surface area contributed by atoms with Gasteiger partial charge in [0.1, 0.15) is 5.75 Å². The number of anilines is 4. The molecule has 3 aromatic rings. The highest BCUT2D eigenvalue weighted by molar-refractivity contribution is 8.00. The molecule has 7 nitrogen and oxygen atoms in total. The van der Waals surface area contributed by atoms with Gasteiger partial charge in [0.05, 0.1) is 18.0 Å². The maximum Gasteiger partial charge on any atom is 0.237 e. The van der Waals surface area contributed by atoms with Crippen molar-refractivity contribution in [2.24, 2.45) is 0 Å². The van der Waals surface area contributed by atoms with E-state index in [1.54, 1.807) is 31.4 Å². The summed E-state index contributed by atoms with van der Waals surface area (Å²) in [5.74, 6) is 0.469. The molecule has 9 heteroatoms. The number of rotatable bonds is 9. The summed E-state index contributed by atoms with van der Waals surface area (Å²) in [5.41, 5.74) is 2.93. The van der Waals surface area contributed by atoms with Crippen LogP contribution in [0.2, 0.25) is 0 Å². The van der Waals surface area contributed by atoms with Crippen LogP contribution in [0.4, 0.5) is 22.7 Å². The molecule has 2 amide bonds. The molecular formula is C26H28N4O3S2. The second-order valence-corrected chi connectivity index (χ2v) is 9.25. The topological polar surface area (TPSA) is 91.5 Å². The fraction of sp³-hybridized carbons (Fsp3) is 0.192. The van der Waals surface area contributed by atoms with Gasteiger partial charge in [-0.1, -0.05) is 25.1 Å². The van der Waals surface area contributed by atoms with Crippen molar-refractivity contribution in [2.75, 3.05) is 28.4 Å². The van der Waals surface area contributed by atoms with Gasteiger partial charge in [0.2, 0.25) is 11.8 Å². The third kappa shape index (κ3) is 8.01. The molecule has 182 valence electrons. The lowest BCUT2D eigenvalue weighted by atomic mass is 10.2. The Morgan fingerprint density at radius 2 is 1.57 bits per heavy atom. The van der Waals surface area contributed by atoms with E-state index in [4.69, 9.17) is 17.0 Å². The number of carbonyl (C=O) groups excluding carboxylic acids is 2. The van der Waals surface area contributed by atoms with Crippen LogP contribution in [0.5, 0.6) is 5.75 Å². The van der Waals surface area contributed by atoms with Crippen molar-refractivity contribution in [1.82, 2.24) is 0 Å². The highest BCUT2D eigenvalue weighted by Gasteiger charge is 2.18. The largest absolute Gasteiger partial charge is 0.495 e. The lowest BCUT2D eigenvalue weighted by molar-refractivity contribution is -0.116. The molecule has 0 saturated heterocycles. The summed E-state index contributed by atoms with van der Waals surface area (Å²) >= 11 is 6.94. The number of hydrogen-bond donors (Lipinski definition) is 4. The second-order valence-electron chi connectivity index (χ2n) is 7.57. The Kier molecular flexibility index (Phi) is 9.51. The van der Waals surface area contributed by atoms with Crippen molar-refractivity contribution < 1.29 is 14.3 Å². The van der Waals surface area contributed by atoms with E-state index in [0.717, 1.165) is 16.3 Å². The molecule has 0 aromatic heterocycles. The van der Waals surface area contributed by atoms with Crippen LogP contribution in [-0.4, -0.2) is 29.3 Å². The van der Waals surface area contributed by atoms with Crippen LogP contribution >= 0.6 is 24.0 Å². The molecule has 35 heavy (non-hydrogen) atoms. The summed E-state index contributed by atoms with van der Waals surface area (Å²) in [6.45, 7) is 3.43. The first-order chi connectivity index (χ1) is 16.9. The molecule has 1 unspecified atom stereocenters. The van der Waals surface area contributed by atoms with Gasteiger partial charge in [0, 0.05) is 28.9 Å². The number of benzene rings is 3. The quantitative estimate of drug-likeness (QED) is 0.209. The maximum atomic E-state index is 12.9. The highest BCUT2D eigenvalue weighted by atomic mass is 32.2. The molecule has 0 fully saturated rings. The molecular weight excluding hydrogens is 480 g/mol. The summed E-state index contributed by atoms with van der Waals surface area (Å²) < 4.78 is 5.35. The van der Waals surface area contributed by atoms with Crippen molar-refractivity contribution in [3.63, 3.8) is 0 Å². The molecule has 0 aliphatic heterocycles. The number of nitrogens with one attached hydrogen (secondary N) is 4. The lowest BCUT2D eigenvalue weighted by Gasteiger charge is -2.16. The van der Waals surface area contributed by atoms with Gasteiger partial charge in [0.25, 0.3) is 0 Å².